The van der Waals surface area contributed by atoms with Gasteiger partial charge in [-0.05, 0) is 61.0 Å². The van der Waals surface area contributed by atoms with Gasteiger partial charge in [-0.2, -0.15) is 5.10 Å². The van der Waals surface area contributed by atoms with E-state index in [2.05, 4.69) is 10.5 Å². The van der Waals surface area contributed by atoms with Gasteiger partial charge in [0.05, 0.1) is 53.9 Å². The Morgan fingerprint density at radius 3 is 1.92 bits per heavy atom. The molecule has 206 valence electrons. The monoisotopic (exact) mass is 538 g/mol. The maximum atomic E-state index is 12.8. The Kier molecular flexibility index (Phi) is 9.96. The molecule has 0 atom stereocenters. The predicted octanol–water partition coefficient (Wildman–Crippen LogP) is 4.11. The van der Waals surface area contributed by atoms with Crippen LogP contribution >= 0.6 is 0 Å². The van der Waals surface area contributed by atoms with Crippen LogP contribution in [0.2, 0.25) is 0 Å². The van der Waals surface area contributed by atoms with Crippen molar-refractivity contribution in [2.24, 2.45) is 5.10 Å². The average Bonchev–Trinajstić information content (AvgIpc) is 2.96. The van der Waals surface area contributed by atoms with Crippen LogP contribution in [0.3, 0.4) is 0 Å². The van der Waals surface area contributed by atoms with E-state index in [1.165, 1.54) is 60.0 Å². The molecule has 0 aliphatic heterocycles. The highest BCUT2D eigenvalue weighted by Crippen LogP contribution is 2.38. The van der Waals surface area contributed by atoms with Gasteiger partial charge in [-0.15, -0.1) is 0 Å². The van der Waals surface area contributed by atoms with Gasteiger partial charge in [0.25, 0.3) is 5.91 Å². The summed E-state index contributed by atoms with van der Waals surface area (Å²) in [7, 11) is 7.38. The van der Waals surface area contributed by atoms with E-state index in [9.17, 15) is 9.59 Å². The van der Waals surface area contributed by atoms with Gasteiger partial charge in [-0.3, -0.25) is 4.79 Å². The number of nitrogens with zero attached hydrogens (tertiary/aromatic N) is 1. The Morgan fingerprint density at radius 1 is 0.718 bits per heavy atom. The number of carbonyl (C=O) groups is 2. The molecule has 0 spiro atoms. The van der Waals surface area contributed by atoms with Gasteiger partial charge >= 0.3 is 5.97 Å². The Morgan fingerprint density at radius 2 is 1.33 bits per heavy atom. The van der Waals surface area contributed by atoms with E-state index in [0.717, 1.165) is 0 Å². The van der Waals surface area contributed by atoms with Crippen molar-refractivity contribution in [2.45, 2.75) is 6.92 Å². The van der Waals surface area contributed by atoms with Crippen LogP contribution in [0.5, 0.6) is 40.2 Å². The number of methoxy groups -OCH3 is 5. The largest absolute Gasteiger partial charge is 0.493 e. The van der Waals surface area contributed by atoms with Crippen LogP contribution in [0.25, 0.3) is 0 Å². The minimum Gasteiger partial charge on any atom is -0.493 e. The molecule has 0 unspecified atom stereocenters. The van der Waals surface area contributed by atoms with Crippen molar-refractivity contribution < 1.29 is 42.7 Å². The molecule has 11 nitrogen and oxygen atoms in total. The summed E-state index contributed by atoms with van der Waals surface area (Å²) in [4.78, 5) is 25.4. The first-order valence-electron chi connectivity index (χ1n) is 11.7. The second-order valence-electron chi connectivity index (χ2n) is 7.71. The lowest BCUT2D eigenvalue weighted by molar-refractivity contribution is 0.0727. The van der Waals surface area contributed by atoms with Gasteiger partial charge in [-0.25, -0.2) is 10.2 Å². The van der Waals surface area contributed by atoms with Gasteiger partial charge in [0.2, 0.25) is 5.75 Å². The molecule has 3 rings (SSSR count). The molecule has 1 N–H and O–H groups in total. The molecule has 39 heavy (non-hydrogen) atoms. The zero-order valence-electron chi connectivity index (χ0n) is 22.5. The van der Waals surface area contributed by atoms with Crippen LogP contribution in [-0.4, -0.2) is 60.2 Å². The van der Waals surface area contributed by atoms with Crippen LogP contribution in [0.4, 0.5) is 0 Å². The van der Waals surface area contributed by atoms with Gasteiger partial charge in [0, 0.05) is 5.56 Å². The molecule has 0 aliphatic carbocycles. The van der Waals surface area contributed by atoms with Crippen LogP contribution in [0.15, 0.2) is 53.6 Å². The highest BCUT2D eigenvalue weighted by atomic mass is 16.6. The SMILES string of the molecule is CCOc1cc(/C=N/NC(=O)c2cc(OC)c(OC)c(OC)c2)ccc1OC(=O)c1ccc(OC)c(OC)c1. The molecular weight excluding hydrogens is 508 g/mol. The fourth-order valence-electron chi connectivity index (χ4n) is 3.52. The third-order valence-electron chi connectivity index (χ3n) is 5.40. The summed E-state index contributed by atoms with van der Waals surface area (Å²) >= 11 is 0. The maximum Gasteiger partial charge on any atom is 0.343 e. The van der Waals surface area contributed by atoms with Gasteiger partial charge in [0.15, 0.2) is 34.5 Å². The van der Waals surface area contributed by atoms with Crippen LogP contribution in [-0.2, 0) is 0 Å². The summed E-state index contributed by atoms with van der Waals surface area (Å²) in [6.07, 6.45) is 1.43. The minimum absolute atomic E-state index is 0.218. The number of hydrogen-bond acceptors (Lipinski definition) is 10. The van der Waals surface area contributed by atoms with Gasteiger partial charge in [-0.1, -0.05) is 0 Å². The summed E-state index contributed by atoms with van der Waals surface area (Å²) < 4.78 is 37.5. The lowest BCUT2D eigenvalue weighted by Crippen LogP contribution is -2.18. The van der Waals surface area contributed by atoms with Gasteiger partial charge < -0.3 is 33.2 Å². The fourth-order valence-corrected chi connectivity index (χ4v) is 3.52. The first kappa shape index (κ1) is 28.6. The molecule has 11 heteroatoms. The third kappa shape index (κ3) is 6.89. The lowest BCUT2D eigenvalue weighted by atomic mass is 10.1. The van der Waals surface area contributed by atoms with Crippen LogP contribution < -0.4 is 38.6 Å². The van der Waals surface area contributed by atoms with Crippen molar-refractivity contribution >= 4 is 18.1 Å². The van der Waals surface area contributed by atoms with E-state index in [1.807, 2.05) is 0 Å². The molecular formula is C28H30N2O9. The summed E-state index contributed by atoms with van der Waals surface area (Å²) in [6.45, 7) is 2.14. The molecule has 0 bridgehead atoms. The third-order valence-corrected chi connectivity index (χ3v) is 5.40. The Labute approximate surface area is 226 Å². The van der Waals surface area contributed by atoms with Crippen molar-refractivity contribution in [1.29, 1.82) is 0 Å². The van der Waals surface area contributed by atoms with Crippen molar-refractivity contribution in [1.82, 2.24) is 5.43 Å². The number of hydrazone groups is 1. The van der Waals surface area contributed by atoms with E-state index in [-0.39, 0.29) is 16.9 Å². The van der Waals surface area contributed by atoms with E-state index in [4.69, 9.17) is 33.2 Å². The minimum atomic E-state index is -0.601. The number of esters is 1. The number of benzene rings is 3. The van der Waals surface area contributed by atoms with Crippen LogP contribution in [0.1, 0.15) is 33.2 Å². The molecule has 3 aromatic rings. The Balaban J connectivity index is 1.75. The molecule has 0 fully saturated rings. The number of ether oxygens (including phenoxy) is 7. The van der Waals surface area contributed by atoms with Crippen molar-refractivity contribution in [3.63, 3.8) is 0 Å². The molecule has 3 aromatic carbocycles. The molecule has 0 aliphatic rings. The second kappa shape index (κ2) is 13.6. The molecule has 0 heterocycles. The molecule has 0 saturated heterocycles. The highest BCUT2D eigenvalue weighted by Gasteiger charge is 2.18. The number of carbonyl (C=O) groups excluding carboxylic acids is 2. The van der Waals surface area contributed by atoms with E-state index in [1.54, 1.807) is 37.3 Å². The number of hydrogen-bond donors (Lipinski definition) is 1. The van der Waals surface area contributed by atoms with Gasteiger partial charge in [0.1, 0.15) is 0 Å². The van der Waals surface area contributed by atoms with Crippen LogP contribution in [0, 0.1) is 0 Å². The zero-order chi connectivity index (χ0) is 28.4. The number of rotatable bonds is 12. The van der Waals surface area contributed by atoms with Crippen molar-refractivity contribution in [3.05, 3.63) is 65.2 Å². The Hall–Kier alpha value is -4.93. The van der Waals surface area contributed by atoms with Crippen molar-refractivity contribution in [3.8, 4) is 40.2 Å². The Bertz CT molecular complexity index is 1330. The first-order chi connectivity index (χ1) is 18.9. The normalized spacial score (nSPS) is 10.5. The van der Waals surface area contributed by atoms with E-state index < -0.39 is 11.9 Å². The lowest BCUT2D eigenvalue weighted by Gasteiger charge is -2.13. The molecule has 0 aromatic heterocycles. The summed E-state index contributed by atoms with van der Waals surface area (Å²) in [5.74, 6) is 1.39. The maximum absolute atomic E-state index is 12.8. The smallest absolute Gasteiger partial charge is 0.343 e. The number of amides is 1. The van der Waals surface area contributed by atoms with Crippen molar-refractivity contribution in [2.75, 3.05) is 42.2 Å². The number of nitrogens with one attached hydrogen (secondary N) is 1. The quantitative estimate of drug-likeness (QED) is 0.157. The average molecular weight is 539 g/mol. The van der Waals surface area contributed by atoms with E-state index >= 15 is 0 Å². The first-order valence-corrected chi connectivity index (χ1v) is 11.7. The molecule has 0 radical (unpaired) electrons. The highest BCUT2D eigenvalue weighted by molar-refractivity contribution is 5.96. The predicted molar refractivity (Wildman–Crippen MR) is 143 cm³/mol. The standard InChI is InChI=1S/C28H30N2O9/c1-7-38-23-12-17(8-10-21(23)39-28(32)18-9-11-20(33-2)22(13-18)34-3)16-29-30-27(31)19-14-24(35-4)26(37-6)25(15-19)36-5/h8-16H,7H2,1-6H3,(H,30,31)/b29-16+. The summed E-state index contributed by atoms with van der Waals surface area (Å²) in [6, 6.07) is 12.6. The zero-order valence-corrected chi connectivity index (χ0v) is 22.5. The van der Waals surface area contributed by atoms with E-state index in [0.29, 0.717) is 46.7 Å². The second-order valence-corrected chi connectivity index (χ2v) is 7.71. The molecule has 1 amide bonds. The summed E-state index contributed by atoms with van der Waals surface area (Å²) in [5, 5.41) is 4.02. The molecule has 0 saturated carbocycles. The summed E-state index contributed by atoms with van der Waals surface area (Å²) in [5.41, 5.74) is 3.58. The fraction of sp³-hybridized carbons (Fsp3) is 0.250. The topological polar surface area (TPSA) is 123 Å².